The zero-order valence-corrected chi connectivity index (χ0v) is 18.9. The number of nitrogens with zero attached hydrogens (tertiary/aromatic N) is 1. The van der Waals surface area contributed by atoms with Crippen molar-refractivity contribution in [2.24, 2.45) is 11.1 Å². The zero-order chi connectivity index (χ0) is 23.7. The molecule has 3 saturated carbocycles. The number of hydrogen-bond donors (Lipinski definition) is 3. The molecule has 1 unspecified atom stereocenters. The van der Waals surface area contributed by atoms with E-state index in [-0.39, 0.29) is 22.9 Å². The number of allylic oxidation sites excluding steroid dienone is 2. The molecule has 1 aromatic heterocycles. The van der Waals surface area contributed by atoms with E-state index in [0.29, 0.717) is 49.2 Å². The molecule has 4 N–H and O–H groups in total. The van der Waals surface area contributed by atoms with Crippen LogP contribution in [0.25, 0.3) is 0 Å². The Balaban J connectivity index is 1.35. The van der Waals surface area contributed by atoms with E-state index in [1.165, 1.54) is 12.2 Å². The van der Waals surface area contributed by atoms with Crippen LogP contribution in [0, 0.1) is 12.3 Å². The molecular weight excluding hydrogens is 451 g/mol. The number of carbonyl (C=O) groups is 4. The summed E-state index contributed by atoms with van der Waals surface area (Å²) < 4.78 is 15.3. The van der Waals surface area contributed by atoms with Crippen molar-refractivity contribution in [3.05, 3.63) is 45.5 Å². The molecule has 8 nitrogen and oxygen atoms in total. The second kappa shape index (κ2) is 7.28. The van der Waals surface area contributed by atoms with Crippen molar-refractivity contribution in [2.75, 3.05) is 0 Å². The number of fused-ring (bicyclic) bond motifs is 1. The van der Waals surface area contributed by atoms with Gasteiger partial charge in [-0.25, -0.2) is 4.39 Å². The lowest BCUT2D eigenvalue weighted by Crippen LogP contribution is -2.78. The normalized spacial score (nSPS) is 29.1. The predicted molar refractivity (Wildman–Crippen MR) is 117 cm³/mol. The molecule has 1 atom stereocenters. The maximum atomic E-state index is 13.5. The van der Waals surface area contributed by atoms with E-state index < -0.39 is 40.4 Å². The Morgan fingerprint density at radius 3 is 2.58 bits per heavy atom. The molecule has 174 valence electrons. The number of nitrogens with one attached hydrogen (secondary N) is 2. The lowest BCUT2D eigenvalue weighted by Gasteiger charge is -2.68. The minimum Gasteiger partial charge on any atom is -0.369 e. The summed E-state index contributed by atoms with van der Waals surface area (Å²) in [7, 11) is 0. The standard InChI is InChI=1S/C23H24ClFN4O4/c1-11-16(18(30)20(32)28-23-8-22(9-23,10-23)21(26)33)15-3-2-6-29(15)17(11)19(31)27-12-4-5-14(25)13(24)7-12/h5,7,12H,2-4,6,8-10H2,1H3,(H2,26,33)(H,27,31)(H,28,32). The first kappa shape index (κ1) is 21.9. The molecule has 3 fully saturated rings. The van der Waals surface area contributed by atoms with Crippen LogP contribution < -0.4 is 16.4 Å². The SMILES string of the molecule is Cc1c(C(=O)C(=O)NC23CC(C(N)=O)(C2)C3)c2n(c1C(=O)NC1C=C(Cl)C(F)=CC1)CCC2. The van der Waals surface area contributed by atoms with E-state index in [1.54, 1.807) is 11.5 Å². The molecule has 2 heterocycles. The number of rotatable bonds is 6. The van der Waals surface area contributed by atoms with Crippen LogP contribution in [-0.4, -0.2) is 39.7 Å². The number of aromatic nitrogens is 1. The molecule has 0 saturated heterocycles. The molecule has 4 aliphatic carbocycles. The van der Waals surface area contributed by atoms with Crippen LogP contribution in [0.1, 0.15) is 64.2 Å². The molecule has 0 spiro atoms. The number of hydrogen-bond acceptors (Lipinski definition) is 4. The average Bonchev–Trinajstić information content (AvgIpc) is 3.24. The third kappa shape index (κ3) is 3.24. The molecule has 33 heavy (non-hydrogen) atoms. The van der Waals surface area contributed by atoms with Crippen molar-refractivity contribution in [1.29, 1.82) is 0 Å². The Kier molecular flexibility index (Phi) is 4.83. The number of ketones is 1. The molecule has 3 amide bonds. The van der Waals surface area contributed by atoms with Crippen molar-refractivity contribution in [3.8, 4) is 0 Å². The van der Waals surface area contributed by atoms with E-state index in [2.05, 4.69) is 10.6 Å². The second-order valence-electron chi connectivity index (χ2n) is 9.67. The third-order valence-electron chi connectivity index (χ3n) is 7.43. The fraction of sp³-hybridized carbons (Fsp3) is 0.478. The minimum atomic E-state index is -0.731. The quantitative estimate of drug-likeness (QED) is 0.430. The maximum absolute atomic E-state index is 13.5. The highest BCUT2D eigenvalue weighted by atomic mass is 35.5. The Bertz CT molecular complexity index is 1180. The average molecular weight is 475 g/mol. The van der Waals surface area contributed by atoms with Crippen LogP contribution in [0.2, 0.25) is 0 Å². The van der Waals surface area contributed by atoms with Gasteiger partial charge in [-0.1, -0.05) is 11.6 Å². The monoisotopic (exact) mass is 474 g/mol. The fourth-order valence-electron chi connectivity index (χ4n) is 5.90. The summed E-state index contributed by atoms with van der Waals surface area (Å²) in [5.41, 5.74) is 6.05. The number of Topliss-reactive ketones (excluding diaryl/α,β-unsaturated/α-hetero) is 1. The Hall–Kier alpha value is -2.94. The molecule has 10 heteroatoms. The smallest absolute Gasteiger partial charge is 0.292 e. The highest BCUT2D eigenvalue weighted by Gasteiger charge is 2.71. The predicted octanol–water partition coefficient (Wildman–Crippen LogP) is 1.93. The van der Waals surface area contributed by atoms with Crippen LogP contribution >= 0.6 is 11.6 Å². The van der Waals surface area contributed by atoms with Crippen LogP contribution in [0.4, 0.5) is 4.39 Å². The summed E-state index contributed by atoms with van der Waals surface area (Å²) in [5.74, 6) is -2.70. The van der Waals surface area contributed by atoms with E-state index >= 15 is 0 Å². The van der Waals surface area contributed by atoms with Crippen LogP contribution in [0.15, 0.2) is 23.0 Å². The van der Waals surface area contributed by atoms with Crippen LogP contribution in [-0.2, 0) is 22.6 Å². The summed E-state index contributed by atoms with van der Waals surface area (Å²) >= 11 is 5.84. The number of nitrogens with two attached hydrogens (primary N) is 1. The molecule has 1 aliphatic heterocycles. The summed E-state index contributed by atoms with van der Waals surface area (Å²) in [4.78, 5) is 50.6. The molecule has 6 rings (SSSR count). The number of amides is 3. The Labute approximate surface area is 194 Å². The maximum Gasteiger partial charge on any atom is 0.292 e. The largest absolute Gasteiger partial charge is 0.369 e. The van der Waals surface area contributed by atoms with Crippen molar-refractivity contribution >= 4 is 35.1 Å². The zero-order valence-electron chi connectivity index (χ0n) is 18.1. The number of primary amides is 1. The first-order valence-electron chi connectivity index (χ1n) is 11.0. The number of carbonyl (C=O) groups excluding carboxylic acids is 4. The van der Waals surface area contributed by atoms with E-state index in [9.17, 15) is 23.6 Å². The summed E-state index contributed by atoms with van der Waals surface area (Å²) in [6.07, 6.45) is 5.75. The highest BCUT2D eigenvalue weighted by molar-refractivity contribution is 6.44. The van der Waals surface area contributed by atoms with Gasteiger partial charge >= 0.3 is 0 Å². The van der Waals surface area contributed by atoms with Gasteiger partial charge in [0.25, 0.3) is 17.6 Å². The first-order chi connectivity index (χ1) is 15.6. The van der Waals surface area contributed by atoms with Gasteiger partial charge in [-0.2, -0.15) is 0 Å². The van der Waals surface area contributed by atoms with E-state index in [1.807, 2.05) is 0 Å². The Morgan fingerprint density at radius 1 is 1.24 bits per heavy atom. The van der Waals surface area contributed by atoms with Gasteiger partial charge in [0.15, 0.2) is 0 Å². The lowest BCUT2D eigenvalue weighted by molar-refractivity contribution is -0.179. The Morgan fingerprint density at radius 2 is 1.94 bits per heavy atom. The van der Waals surface area contributed by atoms with Gasteiger partial charge in [0, 0.05) is 17.8 Å². The van der Waals surface area contributed by atoms with E-state index in [0.717, 1.165) is 6.42 Å². The highest BCUT2D eigenvalue weighted by Crippen LogP contribution is 2.67. The fourth-order valence-corrected chi connectivity index (χ4v) is 6.12. The molecular formula is C23H24ClFN4O4. The summed E-state index contributed by atoms with van der Waals surface area (Å²) in [5, 5.41) is 5.57. The van der Waals surface area contributed by atoms with Gasteiger partial charge in [0.2, 0.25) is 5.91 Å². The number of halogens is 2. The lowest BCUT2D eigenvalue weighted by atomic mass is 9.39. The molecule has 0 radical (unpaired) electrons. The molecule has 1 aromatic rings. The molecule has 2 bridgehead atoms. The van der Waals surface area contributed by atoms with Crippen molar-refractivity contribution < 1.29 is 23.6 Å². The van der Waals surface area contributed by atoms with Crippen molar-refractivity contribution in [3.63, 3.8) is 0 Å². The summed E-state index contributed by atoms with van der Waals surface area (Å²) in [6, 6.07) is -0.472. The van der Waals surface area contributed by atoms with Gasteiger partial charge in [-0.3, -0.25) is 19.2 Å². The van der Waals surface area contributed by atoms with Crippen molar-refractivity contribution in [2.45, 2.75) is 63.6 Å². The van der Waals surface area contributed by atoms with E-state index in [4.69, 9.17) is 17.3 Å². The van der Waals surface area contributed by atoms with Gasteiger partial charge in [-0.05, 0) is 63.2 Å². The van der Waals surface area contributed by atoms with Gasteiger partial charge in [-0.15, -0.1) is 0 Å². The second-order valence-corrected chi connectivity index (χ2v) is 10.1. The van der Waals surface area contributed by atoms with Gasteiger partial charge in [0.05, 0.1) is 22.1 Å². The van der Waals surface area contributed by atoms with Gasteiger partial charge in [0.1, 0.15) is 11.5 Å². The third-order valence-corrected chi connectivity index (χ3v) is 7.74. The van der Waals surface area contributed by atoms with Crippen LogP contribution in [0.5, 0.6) is 0 Å². The minimum absolute atomic E-state index is 0.0529. The van der Waals surface area contributed by atoms with Crippen LogP contribution in [0.3, 0.4) is 0 Å². The van der Waals surface area contributed by atoms with Gasteiger partial charge < -0.3 is 20.9 Å². The molecule has 5 aliphatic rings. The topological polar surface area (TPSA) is 123 Å². The first-order valence-corrected chi connectivity index (χ1v) is 11.4. The van der Waals surface area contributed by atoms with Crippen molar-refractivity contribution in [1.82, 2.24) is 15.2 Å². The molecule has 0 aromatic carbocycles. The summed E-state index contributed by atoms with van der Waals surface area (Å²) in [6.45, 7) is 2.22.